The minimum Gasteiger partial charge on any atom is -0.353 e. The van der Waals surface area contributed by atoms with Crippen LogP contribution in [0.4, 0.5) is 0 Å². The van der Waals surface area contributed by atoms with Crippen molar-refractivity contribution in [3.05, 3.63) is 0 Å². The van der Waals surface area contributed by atoms with E-state index in [9.17, 15) is 9.59 Å². The number of nitrogens with one attached hydrogen (secondary N) is 2. The van der Waals surface area contributed by atoms with E-state index in [-0.39, 0.29) is 23.9 Å². The van der Waals surface area contributed by atoms with Crippen molar-refractivity contribution in [3.63, 3.8) is 0 Å². The van der Waals surface area contributed by atoms with E-state index in [2.05, 4.69) is 10.6 Å². The molecule has 1 fully saturated rings. The molecule has 1 rings (SSSR count). The first-order chi connectivity index (χ1) is 7.11. The lowest BCUT2D eigenvalue weighted by atomic mass is 10.1. The molecule has 0 aromatic rings. The molecule has 0 spiro atoms. The largest absolute Gasteiger partial charge is 0.353 e. The first-order valence-corrected chi connectivity index (χ1v) is 5.37. The first-order valence-electron chi connectivity index (χ1n) is 5.37. The Morgan fingerprint density at radius 2 is 2.40 bits per heavy atom. The summed E-state index contributed by atoms with van der Waals surface area (Å²) in [6, 6.07) is -0.535. The Morgan fingerprint density at radius 1 is 1.73 bits per heavy atom. The van der Waals surface area contributed by atoms with Crippen LogP contribution < -0.4 is 10.6 Å². The summed E-state index contributed by atoms with van der Waals surface area (Å²) in [6.45, 7) is 4.88. The Labute approximate surface area is 90.2 Å². The first kappa shape index (κ1) is 12.0. The van der Waals surface area contributed by atoms with Crippen LogP contribution in [-0.4, -0.2) is 48.9 Å². The summed E-state index contributed by atoms with van der Waals surface area (Å²) in [5, 5.41) is 5.67. The molecule has 0 saturated carbocycles. The summed E-state index contributed by atoms with van der Waals surface area (Å²) >= 11 is 0. The van der Waals surface area contributed by atoms with Crippen LogP contribution in [0.3, 0.4) is 0 Å². The fourth-order valence-corrected chi connectivity index (χ4v) is 1.76. The normalized spacial score (nSPS) is 23.5. The lowest BCUT2D eigenvalue weighted by Crippen LogP contribution is -2.59. The SMILES string of the molecule is CCC1C(=O)NCCN1C(=O)C(C)NC. The van der Waals surface area contributed by atoms with E-state index < -0.39 is 0 Å². The summed E-state index contributed by atoms with van der Waals surface area (Å²) in [7, 11) is 1.74. The number of hydrogen-bond donors (Lipinski definition) is 2. The van der Waals surface area contributed by atoms with Crippen molar-refractivity contribution in [2.45, 2.75) is 32.4 Å². The molecule has 0 radical (unpaired) electrons. The number of amides is 2. The Kier molecular flexibility index (Phi) is 4.08. The van der Waals surface area contributed by atoms with Crippen LogP contribution >= 0.6 is 0 Å². The van der Waals surface area contributed by atoms with Gasteiger partial charge in [-0.2, -0.15) is 0 Å². The molecule has 0 aliphatic carbocycles. The van der Waals surface area contributed by atoms with Crippen molar-refractivity contribution in [3.8, 4) is 0 Å². The van der Waals surface area contributed by atoms with Crippen LogP contribution in [-0.2, 0) is 9.59 Å². The zero-order chi connectivity index (χ0) is 11.4. The third kappa shape index (κ3) is 2.47. The minimum absolute atomic E-state index is 0.000741. The molecule has 0 aromatic heterocycles. The van der Waals surface area contributed by atoms with E-state index in [0.29, 0.717) is 19.5 Å². The molecular weight excluding hydrogens is 194 g/mol. The third-order valence-electron chi connectivity index (χ3n) is 2.80. The van der Waals surface area contributed by atoms with Gasteiger partial charge in [-0.25, -0.2) is 0 Å². The average molecular weight is 213 g/mol. The van der Waals surface area contributed by atoms with Crippen molar-refractivity contribution < 1.29 is 9.59 Å². The monoisotopic (exact) mass is 213 g/mol. The van der Waals surface area contributed by atoms with Crippen molar-refractivity contribution in [1.29, 1.82) is 0 Å². The van der Waals surface area contributed by atoms with E-state index in [1.165, 1.54) is 0 Å². The molecule has 1 aliphatic heterocycles. The molecular formula is C10H19N3O2. The van der Waals surface area contributed by atoms with Gasteiger partial charge in [0.05, 0.1) is 6.04 Å². The van der Waals surface area contributed by atoms with Gasteiger partial charge >= 0.3 is 0 Å². The molecule has 2 atom stereocenters. The molecule has 5 heteroatoms. The maximum atomic E-state index is 11.9. The van der Waals surface area contributed by atoms with Gasteiger partial charge in [-0.05, 0) is 20.4 Å². The summed E-state index contributed by atoms with van der Waals surface area (Å²) in [5.74, 6) is -0.0420. The number of piperazine rings is 1. The van der Waals surface area contributed by atoms with Gasteiger partial charge in [-0.15, -0.1) is 0 Å². The minimum atomic E-state index is -0.304. The zero-order valence-electron chi connectivity index (χ0n) is 9.54. The molecule has 86 valence electrons. The fourth-order valence-electron chi connectivity index (χ4n) is 1.76. The lowest BCUT2D eigenvalue weighted by Gasteiger charge is -2.36. The number of hydrogen-bond acceptors (Lipinski definition) is 3. The molecule has 0 bridgehead atoms. The van der Waals surface area contributed by atoms with Gasteiger partial charge in [-0.1, -0.05) is 6.92 Å². The Balaban J connectivity index is 2.73. The smallest absolute Gasteiger partial charge is 0.242 e. The number of nitrogens with zero attached hydrogens (tertiary/aromatic N) is 1. The van der Waals surface area contributed by atoms with Crippen molar-refractivity contribution >= 4 is 11.8 Å². The van der Waals surface area contributed by atoms with Crippen molar-refractivity contribution in [1.82, 2.24) is 15.5 Å². The van der Waals surface area contributed by atoms with Crippen LogP contribution in [0.1, 0.15) is 20.3 Å². The summed E-state index contributed by atoms with van der Waals surface area (Å²) in [6.07, 6.45) is 0.661. The maximum absolute atomic E-state index is 11.9. The molecule has 1 aliphatic rings. The quantitative estimate of drug-likeness (QED) is 0.653. The zero-order valence-corrected chi connectivity index (χ0v) is 9.54. The molecule has 2 amide bonds. The fraction of sp³-hybridized carbons (Fsp3) is 0.800. The Bertz CT molecular complexity index is 255. The van der Waals surface area contributed by atoms with Crippen LogP contribution in [0.25, 0.3) is 0 Å². The Morgan fingerprint density at radius 3 is 2.93 bits per heavy atom. The van der Waals surface area contributed by atoms with Gasteiger partial charge in [0.15, 0.2) is 0 Å². The van der Waals surface area contributed by atoms with E-state index in [4.69, 9.17) is 0 Å². The van der Waals surface area contributed by atoms with Gasteiger partial charge in [-0.3, -0.25) is 9.59 Å². The van der Waals surface area contributed by atoms with E-state index in [1.807, 2.05) is 13.8 Å². The van der Waals surface area contributed by atoms with Crippen LogP contribution in [0.2, 0.25) is 0 Å². The van der Waals surface area contributed by atoms with Crippen LogP contribution in [0.15, 0.2) is 0 Å². The summed E-state index contributed by atoms with van der Waals surface area (Å²) in [4.78, 5) is 25.1. The molecule has 5 nitrogen and oxygen atoms in total. The van der Waals surface area contributed by atoms with Gasteiger partial charge < -0.3 is 15.5 Å². The van der Waals surface area contributed by atoms with Crippen LogP contribution in [0.5, 0.6) is 0 Å². The standard InChI is InChI=1S/C10H19N3O2/c1-4-8-9(14)12-5-6-13(8)10(15)7(2)11-3/h7-8,11H,4-6H2,1-3H3,(H,12,14). The van der Waals surface area contributed by atoms with Crippen molar-refractivity contribution in [2.75, 3.05) is 20.1 Å². The highest BCUT2D eigenvalue weighted by atomic mass is 16.2. The van der Waals surface area contributed by atoms with Crippen molar-refractivity contribution in [2.24, 2.45) is 0 Å². The molecule has 0 aromatic carbocycles. The number of carbonyl (C=O) groups excluding carboxylic acids is 2. The highest BCUT2D eigenvalue weighted by Gasteiger charge is 2.32. The van der Waals surface area contributed by atoms with E-state index in [1.54, 1.807) is 11.9 Å². The second-order valence-electron chi connectivity index (χ2n) is 3.76. The second kappa shape index (κ2) is 5.11. The Hall–Kier alpha value is -1.10. The molecule has 15 heavy (non-hydrogen) atoms. The number of rotatable bonds is 3. The number of carbonyl (C=O) groups is 2. The van der Waals surface area contributed by atoms with Gasteiger partial charge in [0.2, 0.25) is 11.8 Å². The van der Waals surface area contributed by atoms with Gasteiger partial charge in [0.25, 0.3) is 0 Å². The predicted molar refractivity (Wildman–Crippen MR) is 57.3 cm³/mol. The molecule has 2 unspecified atom stereocenters. The topological polar surface area (TPSA) is 61.4 Å². The third-order valence-corrected chi connectivity index (χ3v) is 2.80. The highest BCUT2D eigenvalue weighted by molar-refractivity contribution is 5.90. The molecule has 2 N–H and O–H groups in total. The van der Waals surface area contributed by atoms with Gasteiger partial charge in [0.1, 0.15) is 6.04 Å². The molecule has 1 saturated heterocycles. The van der Waals surface area contributed by atoms with Gasteiger partial charge in [0, 0.05) is 13.1 Å². The number of likely N-dealkylation sites (N-methyl/N-ethyl adjacent to an activating group) is 1. The average Bonchev–Trinajstić information content (AvgIpc) is 2.26. The molecule has 1 heterocycles. The lowest BCUT2D eigenvalue weighted by molar-refractivity contribution is -0.144. The van der Waals surface area contributed by atoms with Crippen LogP contribution in [0, 0.1) is 0 Å². The summed E-state index contributed by atoms with van der Waals surface area (Å²) in [5.41, 5.74) is 0. The van der Waals surface area contributed by atoms with E-state index >= 15 is 0 Å². The highest BCUT2D eigenvalue weighted by Crippen LogP contribution is 2.10. The summed E-state index contributed by atoms with van der Waals surface area (Å²) < 4.78 is 0. The predicted octanol–water partition coefficient (Wildman–Crippen LogP) is -0.669. The maximum Gasteiger partial charge on any atom is 0.242 e. The second-order valence-corrected chi connectivity index (χ2v) is 3.76. The van der Waals surface area contributed by atoms with E-state index in [0.717, 1.165) is 0 Å².